The highest BCUT2D eigenvalue weighted by Crippen LogP contribution is 2.14. The first-order valence-corrected chi connectivity index (χ1v) is 7.68. The minimum Gasteiger partial charge on any atom is -0.377 e. The normalized spacial score (nSPS) is 24.2. The Hall–Kier alpha value is -0.120. The van der Waals surface area contributed by atoms with E-state index in [9.17, 15) is 0 Å². The van der Waals surface area contributed by atoms with Crippen molar-refractivity contribution < 1.29 is 4.74 Å². The lowest BCUT2D eigenvalue weighted by Crippen LogP contribution is -2.44. The lowest BCUT2D eigenvalue weighted by atomic mass is 10.1. The van der Waals surface area contributed by atoms with E-state index in [4.69, 9.17) is 4.74 Å². The lowest BCUT2D eigenvalue weighted by molar-refractivity contribution is -0.00700. The van der Waals surface area contributed by atoms with Crippen molar-refractivity contribution in [2.75, 3.05) is 26.7 Å². The molecule has 3 nitrogen and oxygen atoms in total. The van der Waals surface area contributed by atoms with E-state index in [1.165, 1.54) is 32.1 Å². The maximum absolute atomic E-state index is 5.80. The molecule has 0 aromatic carbocycles. The van der Waals surface area contributed by atoms with Gasteiger partial charge in [-0.1, -0.05) is 13.3 Å². The molecule has 0 aliphatic carbocycles. The third kappa shape index (κ3) is 6.17. The Morgan fingerprint density at radius 3 is 2.72 bits per heavy atom. The number of nitrogens with zero attached hydrogens (tertiary/aromatic N) is 1. The van der Waals surface area contributed by atoms with Crippen molar-refractivity contribution in [3.63, 3.8) is 0 Å². The molecular weight excluding hydrogens is 224 g/mol. The summed E-state index contributed by atoms with van der Waals surface area (Å²) in [6.07, 6.45) is 6.79. The molecule has 1 rings (SSSR count). The SMILES string of the molecule is CCCC(C)NCC(C)N(C)CC1CCCCO1. The molecule has 3 unspecified atom stereocenters. The largest absolute Gasteiger partial charge is 0.377 e. The first-order valence-electron chi connectivity index (χ1n) is 7.68. The standard InChI is InChI=1S/C15H32N2O/c1-5-8-13(2)16-11-14(3)17(4)12-15-9-6-7-10-18-15/h13-16H,5-12H2,1-4H3. The molecule has 1 aliphatic heterocycles. The van der Waals surface area contributed by atoms with E-state index in [0.717, 1.165) is 19.7 Å². The molecular formula is C15H32N2O. The molecule has 0 amide bonds. The minimum absolute atomic E-state index is 0.458. The van der Waals surface area contributed by atoms with Crippen LogP contribution in [-0.2, 0) is 4.74 Å². The summed E-state index contributed by atoms with van der Waals surface area (Å²) in [5.41, 5.74) is 0. The smallest absolute Gasteiger partial charge is 0.0702 e. The number of hydrogen-bond donors (Lipinski definition) is 1. The molecule has 1 aliphatic rings. The average Bonchev–Trinajstić information content (AvgIpc) is 2.37. The van der Waals surface area contributed by atoms with Gasteiger partial charge >= 0.3 is 0 Å². The molecule has 1 heterocycles. The summed E-state index contributed by atoms with van der Waals surface area (Å²) in [5.74, 6) is 0. The van der Waals surface area contributed by atoms with Crippen LogP contribution in [-0.4, -0.2) is 49.8 Å². The summed E-state index contributed by atoms with van der Waals surface area (Å²) in [5, 5.41) is 3.62. The Balaban J connectivity index is 2.17. The Morgan fingerprint density at radius 1 is 1.33 bits per heavy atom. The molecule has 108 valence electrons. The third-order valence-corrected chi connectivity index (χ3v) is 4.00. The summed E-state index contributed by atoms with van der Waals surface area (Å²) >= 11 is 0. The summed E-state index contributed by atoms with van der Waals surface area (Å²) < 4.78 is 5.80. The molecule has 0 radical (unpaired) electrons. The second-order valence-electron chi connectivity index (χ2n) is 5.88. The minimum atomic E-state index is 0.458. The van der Waals surface area contributed by atoms with Crippen LogP contribution < -0.4 is 5.32 Å². The van der Waals surface area contributed by atoms with Crippen molar-refractivity contribution in [2.45, 2.75) is 71.1 Å². The Kier molecular flexibility index (Phi) is 7.87. The van der Waals surface area contributed by atoms with Crippen molar-refractivity contribution in [3.05, 3.63) is 0 Å². The van der Waals surface area contributed by atoms with Gasteiger partial charge in [0.25, 0.3) is 0 Å². The zero-order valence-electron chi connectivity index (χ0n) is 12.7. The highest BCUT2D eigenvalue weighted by Gasteiger charge is 2.18. The maximum atomic E-state index is 5.80. The second-order valence-corrected chi connectivity index (χ2v) is 5.88. The average molecular weight is 256 g/mol. The highest BCUT2D eigenvalue weighted by atomic mass is 16.5. The molecule has 1 fully saturated rings. The molecule has 0 bridgehead atoms. The van der Waals surface area contributed by atoms with Crippen LogP contribution in [0, 0.1) is 0 Å². The molecule has 3 heteroatoms. The Bertz CT molecular complexity index is 205. The molecule has 3 atom stereocenters. The number of rotatable bonds is 8. The predicted molar refractivity (Wildman–Crippen MR) is 78.1 cm³/mol. The van der Waals surface area contributed by atoms with Crippen LogP contribution in [0.15, 0.2) is 0 Å². The second kappa shape index (κ2) is 8.89. The van der Waals surface area contributed by atoms with Crippen molar-refractivity contribution in [1.29, 1.82) is 0 Å². The van der Waals surface area contributed by atoms with E-state index in [1.807, 2.05) is 0 Å². The fourth-order valence-electron chi connectivity index (χ4n) is 2.52. The van der Waals surface area contributed by atoms with Gasteiger partial charge in [-0.05, 0) is 46.6 Å². The van der Waals surface area contributed by atoms with Crippen molar-refractivity contribution in [3.8, 4) is 0 Å². The molecule has 1 N–H and O–H groups in total. The van der Waals surface area contributed by atoms with Gasteiger partial charge < -0.3 is 10.1 Å². The van der Waals surface area contributed by atoms with Gasteiger partial charge in [0.2, 0.25) is 0 Å². The fraction of sp³-hybridized carbons (Fsp3) is 1.00. The molecule has 0 aromatic heterocycles. The van der Waals surface area contributed by atoms with Crippen LogP contribution >= 0.6 is 0 Å². The van der Waals surface area contributed by atoms with E-state index in [0.29, 0.717) is 18.2 Å². The summed E-state index contributed by atoms with van der Waals surface area (Å²) in [4.78, 5) is 2.43. The van der Waals surface area contributed by atoms with Gasteiger partial charge in [0.15, 0.2) is 0 Å². The van der Waals surface area contributed by atoms with Gasteiger partial charge in [-0.2, -0.15) is 0 Å². The Morgan fingerprint density at radius 2 is 2.11 bits per heavy atom. The van der Waals surface area contributed by atoms with Crippen LogP contribution in [0.5, 0.6) is 0 Å². The quantitative estimate of drug-likeness (QED) is 0.722. The first-order chi connectivity index (χ1) is 8.63. The first kappa shape index (κ1) is 15.9. The van der Waals surface area contributed by atoms with Crippen LogP contribution in [0.3, 0.4) is 0 Å². The molecule has 0 aromatic rings. The monoisotopic (exact) mass is 256 g/mol. The van der Waals surface area contributed by atoms with Gasteiger partial charge in [0.1, 0.15) is 0 Å². The van der Waals surface area contributed by atoms with Gasteiger partial charge in [-0.15, -0.1) is 0 Å². The number of nitrogens with one attached hydrogen (secondary N) is 1. The van der Waals surface area contributed by atoms with Crippen LogP contribution in [0.1, 0.15) is 52.9 Å². The van der Waals surface area contributed by atoms with Crippen molar-refractivity contribution >= 4 is 0 Å². The molecule has 0 saturated carbocycles. The zero-order chi connectivity index (χ0) is 13.4. The summed E-state index contributed by atoms with van der Waals surface area (Å²) in [6, 6.07) is 1.21. The molecule has 18 heavy (non-hydrogen) atoms. The van der Waals surface area contributed by atoms with Crippen molar-refractivity contribution in [1.82, 2.24) is 10.2 Å². The van der Waals surface area contributed by atoms with Crippen LogP contribution in [0.2, 0.25) is 0 Å². The highest BCUT2D eigenvalue weighted by molar-refractivity contribution is 4.74. The molecule has 0 spiro atoms. The summed E-state index contributed by atoms with van der Waals surface area (Å²) in [7, 11) is 2.22. The zero-order valence-corrected chi connectivity index (χ0v) is 12.7. The Labute approximate surface area is 113 Å². The number of ether oxygens (including phenoxy) is 1. The van der Waals surface area contributed by atoms with Gasteiger partial charge in [0, 0.05) is 31.8 Å². The van der Waals surface area contributed by atoms with E-state index < -0.39 is 0 Å². The predicted octanol–water partition coefficient (Wildman–Crippen LogP) is 2.65. The van der Waals surface area contributed by atoms with E-state index in [2.05, 4.69) is 38.0 Å². The number of hydrogen-bond acceptors (Lipinski definition) is 3. The summed E-state index contributed by atoms with van der Waals surface area (Å²) in [6.45, 7) is 9.93. The van der Waals surface area contributed by atoms with E-state index in [-0.39, 0.29) is 0 Å². The van der Waals surface area contributed by atoms with Gasteiger partial charge in [0.05, 0.1) is 6.10 Å². The topological polar surface area (TPSA) is 24.5 Å². The van der Waals surface area contributed by atoms with E-state index in [1.54, 1.807) is 0 Å². The number of likely N-dealkylation sites (N-methyl/N-ethyl adjacent to an activating group) is 1. The van der Waals surface area contributed by atoms with Crippen LogP contribution in [0.25, 0.3) is 0 Å². The molecule has 1 saturated heterocycles. The third-order valence-electron chi connectivity index (χ3n) is 4.00. The fourth-order valence-corrected chi connectivity index (χ4v) is 2.52. The van der Waals surface area contributed by atoms with Gasteiger partial charge in [-0.3, -0.25) is 4.90 Å². The lowest BCUT2D eigenvalue weighted by Gasteiger charge is -2.31. The maximum Gasteiger partial charge on any atom is 0.0702 e. The van der Waals surface area contributed by atoms with Gasteiger partial charge in [-0.25, -0.2) is 0 Å². The van der Waals surface area contributed by atoms with E-state index >= 15 is 0 Å². The van der Waals surface area contributed by atoms with Crippen molar-refractivity contribution in [2.24, 2.45) is 0 Å². The van der Waals surface area contributed by atoms with Crippen LogP contribution in [0.4, 0.5) is 0 Å².